The number of amides is 1. The van der Waals surface area contributed by atoms with Gasteiger partial charge in [0.2, 0.25) is 5.91 Å². The van der Waals surface area contributed by atoms with E-state index in [9.17, 15) is 18.4 Å². The lowest BCUT2D eigenvalue weighted by molar-refractivity contribution is -0.138. The number of carbonyl (C=O) groups excluding carboxylic acids is 1. The molecular formula is C19H15F2N3O4S. The number of carbonyl (C=O) groups is 2. The Bertz CT molecular complexity index is 960. The monoisotopic (exact) mass is 419 g/mol. The average Bonchev–Trinajstić information content (AvgIpc) is 2.99. The molecule has 0 spiro atoms. The van der Waals surface area contributed by atoms with Crippen LogP contribution in [-0.2, 0) is 16.2 Å². The van der Waals surface area contributed by atoms with Crippen LogP contribution in [0.4, 0.5) is 8.78 Å². The highest BCUT2D eigenvalue weighted by molar-refractivity contribution is 8.15. The molecule has 0 aromatic heterocycles. The lowest BCUT2D eigenvalue weighted by atomic mass is 10.1. The van der Waals surface area contributed by atoms with Crippen LogP contribution in [0.1, 0.15) is 17.5 Å². The van der Waals surface area contributed by atoms with Gasteiger partial charge in [-0.15, -0.1) is 5.10 Å². The average molecular weight is 419 g/mol. The molecule has 10 heteroatoms. The van der Waals surface area contributed by atoms with Crippen LogP contribution >= 0.6 is 11.8 Å². The fourth-order valence-corrected chi connectivity index (χ4v) is 3.29. The molecule has 1 saturated heterocycles. The van der Waals surface area contributed by atoms with Crippen LogP contribution in [-0.4, -0.2) is 33.6 Å². The van der Waals surface area contributed by atoms with E-state index in [4.69, 9.17) is 9.84 Å². The molecule has 0 saturated carbocycles. The Morgan fingerprint density at radius 1 is 1.21 bits per heavy atom. The first-order valence-corrected chi connectivity index (χ1v) is 9.25. The lowest BCUT2D eigenvalue weighted by Crippen LogP contribution is -2.26. The van der Waals surface area contributed by atoms with E-state index in [2.05, 4.69) is 15.5 Å². The number of hydrogen-bond donors (Lipinski definition) is 2. The second-order valence-electron chi connectivity index (χ2n) is 5.98. The molecule has 1 aliphatic heterocycles. The van der Waals surface area contributed by atoms with Crippen molar-refractivity contribution in [1.82, 2.24) is 5.32 Å². The van der Waals surface area contributed by atoms with Crippen molar-refractivity contribution in [1.29, 1.82) is 0 Å². The molecule has 1 fully saturated rings. The summed E-state index contributed by atoms with van der Waals surface area (Å²) in [6.45, 7) is 0.135. The van der Waals surface area contributed by atoms with Crippen molar-refractivity contribution in [3.05, 3.63) is 65.2 Å². The van der Waals surface area contributed by atoms with E-state index < -0.39 is 28.8 Å². The summed E-state index contributed by atoms with van der Waals surface area (Å²) in [6, 6.07) is 10.0. The van der Waals surface area contributed by atoms with E-state index in [0.29, 0.717) is 0 Å². The highest BCUT2D eigenvalue weighted by Gasteiger charge is 2.32. The second-order valence-corrected chi connectivity index (χ2v) is 7.17. The quantitative estimate of drug-likeness (QED) is 0.531. The first-order valence-electron chi connectivity index (χ1n) is 8.37. The van der Waals surface area contributed by atoms with Crippen molar-refractivity contribution in [2.45, 2.75) is 18.3 Å². The van der Waals surface area contributed by atoms with Gasteiger partial charge in [-0.25, -0.2) is 8.78 Å². The predicted molar refractivity (Wildman–Crippen MR) is 104 cm³/mol. The van der Waals surface area contributed by atoms with Gasteiger partial charge in [-0.3, -0.25) is 9.59 Å². The van der Waals surface area contributed by atoms with Crippen molar-refractivity contribution in [3.8, 4) is 5.75 Å². The standard InChI is InChI=1S/C19H15F2N3O4S/c20-13-5-14(21)7-15(6-13)28-10-12-3-1-11(2-4-12)9-22-24-19-23-18(27)16(29-19)8-17(25)26/h1-7,9,16H,8,10H2,(H,25,26)(H,23,24,27). The molecule has 1 unspecified atom stereocenters. The third-order valence-electron chi connectivity index (χ3n) is 3.71. The number of carboxylic acids is 1. The van der Waals surface area contributed by atoms with Crippen molar-refractivity contribution in [3.63, 3.8) is 0 Å². The summed E-state index contributed by atoms with van der Waals surface area (Å²) in [5.74, 6) is -2.79. The first-order chi connectivity index (χ1) is 13.9. The lowest BCUT2D eigenvalue weighted by Gasteiger charge is -2.07. The zero-order valence-corrected chi connectivity index (χ0v) is 15.7. The van der Waals surface area contributed by atoms with E-state index in [1.807, 2.05) is 0 Å². The smallest absolute Gasteiger partial charge is 0.305 e. The summed E-state index contributed by atoms with van der Waals surface area (Å²) >= 11 is 1.02. The van der Waals surface area contributed by atoms with Crippen LogP contribution in [0.3, 0.4) is 0 Å². The Labute approximate surface area is 168 Å². The summed E-state index contributed by atoms with van der Waals surface area (Å²) in [4.78, 5) is 22.3. The number of nitrogens with one attached hydrogen (secondary N) is 1. The molecule has 1 heterocycles. The van der Waals surface area contributed by atoms with E-state index in [0.717, 1.165) is 41.1 Å². The Morgan fingerprint density at radius 3 is 2.55 bits per heavy atom. The number of amidine groups is 1. The Morgan fingerprint density at radius 2 is 1.90 bits per heavy atom. The van der Waals surface area contributed by atoms with Gasteiger partial charge in [0.15, 0.2) is 5.17 Å². The molecule has 1 amide bonds. The van der Waals surface area contributed by atoms with Crippen LogP contribution in [0.2, 0.25) is 0 Å². The predicted octanol–water partition coefficient (Wildman–Crippen LogP) is 2.94. The van der Waals surface area contributed by atoms with E-state index >= 15 is 0 Å². The number of ether oxygens (including phenoxy) is 1. The van der Waals surface area contributed by atoms with E-state index in [1.165, 1.54) is 6.21 Å². The number of benzene rings is 2. The topological polar surface area (TPSA) is 100 Å². The summed E-state index contributed by atoms with van der Waals surface area (Å²) < 4.78 is 31.6. The molecule has 0 bridgehead atoms. The molecule has 150 valence electrons. The summed E-state index contributed by atoms with van der Waals surface area (Å²) in [6.07, 6.45) is 1.18. The minimum atomic E-state index is -1.06. The molecule has 1 atom stereocenters. The molecule has 3 rings (SSSR count). The van der Waals surface area contributed by atoms with Gasteiger partial charge in [0.1, 0.15) is 29.2 Å². The highest BCUT2D eigenvalue weighted by atomic mass is 32.2. The van der Waals surface area contributed by atoms with Crippen molar-refractivity contribution in [2.24, 2.45) is 10.2 Å². The third-order valence-corrected chi connectivity index (χ3v) is 4.79. The second kappa shape index (κ2) is 9.28. The Balaban J connectivity index is 1.54. The maximum atomic E-state index is 13.1. The number of rotatable bonds is 7. The van der Waals surface area contributed by atoms with Crippen molar-refractivity contribution < 1.29 is 28.2 Å². The fourth-order valence-electron chi connectivity index (χ4n) is 2.37. The van der Waals surface area contributed by atoms with Crippen LogP contribution in [0.15, 0.2) is 52.7 Å². The molecule has 7 nitrogen and oxygen atoms in total. The number of aliphatic carboxylic acids is 1. The fraction of sp³-hybridized carbons (Fsp3) is 0.158. The zero-order valence-electron chi connectivity index (χ0n) is 14.8. The normalized spacial score (nSPS) is 17.7. The van der Waals surface area contributed by atoms with Crippen LogP contribution in [0.5, 0.6) is 5.75 Å². The van der Waals surface area contributed by atoms with Crippen molar-refractivity contribution in [2.75, 3.05) is 0 Å². The highest BCUT2D eigenvalue weighted by Crippen LogP contribution is 2.22. The molecule has 1 aliphatic rings. The van der Waals surface area contributed by atoms with Crippen LogP contribution in [0.25, 0.3) is 0 Å². The molecular weight excluding hydrogens is 404 g/mol. The molecule has 2 N–H and O–H groups in total. The van der Waals surface area contributed by atoms with Gasteiger partial charge in [0, 0.05) is 18.2 Å². The van der Waals surface area contributed by atoms with E-state index in [1.54, 1.807) is 24.3 Å². The summed E-state index contributed by atoms with van der Waals surface area (Å²) in [7, 11) is 0. The zero-order chi connectivity index (χ0) is 20.8. The molecule has 0 aliphatic carbocycles. The number of hydrogen-bond acceptors (Lipinski definition) is 6. The Kier molecular flexibility index (Phi) is 6.55. The number of halogens is 2. The van der Waals surface area contributed by atoms with Gasteiger partial charge >= 0.3 is 5.97 Å². The Hall–Kier alpha value is -3.27. The maximum absolute atomic E-state index is 13.1. The summed E-state index contributed by atoms with van der Waals surface area (Å²) in [5, 5.41) is 18.5. The number of carboxylic acid groups (broad SMARTS) is 1. The van der Waals surface area contributed by atoms with Gasteiger partial charge in [-0.05, 0) is 11.1 Å². The van der Waals surface area contributed by atoms with Gasteiger partial charge in [-0.1, -0.05) is 36.0 Å². The minimum absolute atomic E-state index is 0.0984. The first kappa shape index (κ1) is 20.5. The van der Waals surface area contributed by atoms with Gasteiger partial charge in [-0.2, -0.15) is 5.10 Å². The van der Waals surface area contributed by atoms with Gasteiger partial charge < -0.3 is 15.2 Å². The molecule has 2 aromatic carbocycles. The third kappa shape index (κ3) is 6.11. The molecule has 29 heavy (non-hydrogen) atoms. The SMILES string of the molecule is O=C(O)CC1SC(=NN=Cc2ccc(COc3cc(F)cc(F)c3)cc2)NC1=O. The maximum Gasteiger partial charge on any atom is 0.305 e. The molecule has 0 radical (unpaired) electrons. The minimum Gasteiger partial charge on any atom is -0.489 e. The molecule has 2 aromatic rings. The summed E-state index contributed by atoms with van der Waals surface area (Å²) in [5.41, 5.74) is 1.51. The largest absolute Gasteiger partial charge is 0.489 e. The van der Waals surface area contributed by atoms with E-state index in [-0.39, 0.29) is 23.9 Å². The number of thioether (sulfide) groups is 1. The van der Waals surface area contributed by atoms with Gasteiger partial charge in [0.05, 0.1) is 12.6 Å². The van der Waals surface area contributed by atoms with Gasteiger partial charge in [0.25, 0.3) is 0 Å². The van der Waals surface area contributed by atoms with Crippen LogP contribution < -0.4 is 10.1 Å². The van der Waals surface area contributed by atoms with Crippen LogP contribution in [0, 0.1) is 11.6 Å². The van der Waals surface area contributed by atoms with Crippen molar-refractivity contribution >= 4 is 35.0 Å². The number of nitrogens with zero attached hydrogens (tertiary/aromatic N) is 2.